The van der Waals surface area contributed by atoms with Crippen LogP contribution in [0.25, 0.3) is 0 Å². The zero-order valence-corrected chi connectivity index (χ0v) is 11.7. The first kappa shape index (κ1) is 14.8. The first-order valence-corrected chi connectivity index (χ1v) is 6.80. The maximum atomic E-state index is 11.7. The van der Waals surface area contributed by atoms with Gasteiger partial charge in [-0.3, -0.25) is 14.5 Å². The summed E-state index contributed by atoms with van der Waals surface area (Å²) in [6.45, 7) is 1.19. The Labute approximate surface area is 118 Å². The average Bonchev–Trinajstić information content (AvgIpc) is 2.41. The molecule has 0 aliphatic carbocycles. The summed E-state index contributed by atoms with van der Waals surface area (Å²) in [6.07, 6.45) is -1.13. The Morgan fingerprint density at radius 3 is 2.70 bits per heavy atom. The molecule has 1 fully saturated rings. The van der Waals surface area contributed by atoms with Crippen LogP contribution in [0.15, 0.2) is 11.3 Å². The summed E-state index contributed by atoms with van der Waals surface area (Å²) in [6, 6.07) is -0.703. The number of carbonyl (C=O) groups is 3. The fourth-order valence-electron chi connectivity index (χ4n) is 2.13. The van der Waals surface area contributed by atoms with Gasteiger partial charge >= 0.3 is 11.9 Å². The minimum atomic E-state index is -1.28. The standard InChI is InChI=1S/C11H14N2O6S/c1-4(14)19-11(18-2)5-3-20-9-6(12)8(15)13(9)7(5)10(16)17/h6,9,11H,3,12H2,1-2H3,(H,16,17)/t6-,9+,11?/m0/s1. The van der Waals surface area contributed by atoms with E-state index >= 15 is 0 Å². The van der Waals surface area contributed by atoms with Gasteiger partial charge in [0.1, 0.15) is 17.1 Å². The van der Waals surface area contributed by atoms with Crippen molar-refractivity contribution in [1.29, 1.82) is 0 Å². The second kappa shape index (κ2) is 5.43. The summed E-state index contributed by atoms with van der Waals surface area (Å²) < 4.78 is 9.93. The van der Waals surface area contributed by atoms with Crippen LogP contribution in [0.4, 0.5) is 0 Å². The molecule has 0 spiro atoms. The number of hydrogen-bond acceptors (Lipinski definition) is 7. The highest BCUT2D eigenvalue weighted by Crippen LogP contribution is 2.40. The molecule has 1 saturated heterocycles. The van der Waals surface area contributed by atoms with Gasteiger partial charge in [0.05, 0.1) is 0 Å². The highest BCUT2D eigenvalue weighted by molar-refractivity contribution is 8.00. The zero-order chi connectivity index (χ0) is 15.0. The molecule has 110 valence electrons. The second-order valence-corrected chi connectivity index (χ2v) is 5.40. The maximum Gasteiger partial charge on any atom is 0.352 e. The highest BCUT2D eigenvalue weighted by atomic mass is 32.2. The van der Waals surface area contributed by atoms with E-state index in [4.69, 9.17) is 15.2 Å². The molecule has 0 saturated carbocycles. The molecule has 3 atom stereocenters. The zero-order valence-electron chi connectivity index (χ0n) is 10.9. The van der Waals surface area contributed by atoms with E-state index in [1.807, 2.05) is 0 Å². The van der Waals surface area contributed by atoms with Crippen molar-refractivity contribution in [3.8, 4) is 0 Å². The van der Waals surface area contributed by atoms with E-state index in [0.29, 0.717) is 0 Å². The molecule has 3 N–H and O–H groups in total. The summed E-state index contributed by atoms with van der Waals surface area (Å²) in [5, 5.41) is 8.92. The summed E-state index contributed by atoms with van der Waals surface area (Å²) in [5.41, 5.74) is 5.65. The molecule has 0 bridgehead atoms. The molecule has 0 aromatic heterocycles. The third-order valence-electron chi connectivity index (χ3n) is 3.01. The fraction of sp³-hybridized carbons (Fsp3) is 0.545. The van der Waals surface area contributed by atoms with Gasteiger partial charge in [-0.05, 0) is 0 Å². The topological polar surface area (TPSA) is 119 Å². The van der Waals surface area contributed by atoms with Gasteiger partial charge in [0, 0.05) is 25.4 Å². The van der Waals surface area contributed by atoms with Crippen molar-refractivity contribution in [2.24, 2.45) is 5.73 Å². The van der Waals surface area contributed by atoms with Gasteiger partial charge in [-0.25, -0.2) is 4.79 Å². The fourth-order valence-corrected chi connectivity index (χ4v) is 3.44. The van der Waals surface area contributed by atoms with Crippen LogP contribution >= 0.6 is 11.8 Å². The lowest BCUT2D eigenvalue weighted by atomic mass is 10.0. The number of carboxylic acids is 1. The van der Waals surface area contributed by atoms with Crippen LogP contribution in [0.2, 0.25) is 0 Å². The summed E-state index contributed by atoms with van der Waals surface area (Å²) in [4.78, 5) is 35.3. The number of fused-ring (bicyclic) bond motifs is 1. The van der Waals surface area contributed by atoms with Crippen molar-refractivity contribution < 1.29 is 29.0 Å². The Kier molecular flexibility index (Phi) is 4.02. The number of β-lactam (4-membered cyclic amide) rings is 1. The van der Waals surface area contributed by atoms with Crippen LogP contribution < -0.4 is 5.73 Å². The van der Waals surface area contributed by atoms with Gasteiger partial charge in [-0.2, -0.15) is 0 Å². The van der Waals surface area contributed by atoms with E-state index in [9.17, 15) is 19.5 Å². The monoisotopic (exact) mass is 302 g/mol. The van der Waals surface area contributed by atoms with Crippen molar-refractivity contribution in [3.63, 3.8) is 0 Å². The first-order chi connectivity index (χ1) is 9.38. The number of nitrogens with two attached hydrogens (primary N) is 1. The van der Waals surface area contributed by atoms with Crippen molar-refractivity contribution >= 4 is 29.6 Å². The third kappa shape index (κ3) is 2.28. The molecule has 1 unspecified atom stereocenters. The van der Waals surface area contributed by atoms with Gasteiger partial charge < -0.3 is 20.3 Å². The number of amides is 1. The van der Waals surface area contributed by atoms with Crippen LogP contribution in [0.1, 0.15) is 6.92 Å². The van der Waals surface area contributed by atoms with Crippen LogP contribution in [0.5, 0.6) is 0 Å². The number of nitrogens with zero attached hydrogens (tertiary/aromatic N) is 1. The van der Waals surface area contributed by atoms with E-state index in [1.165, 1.54) is 25.8 Å². The molecular weight excluding hydrogens is 288 g/mol. The molecule has 8 nitrogen and oxygen atoms in total. The Bertz CT molecular complexity index is 505. The number of methoxy groups -OCH3 is 1. The molecule has 2 aliphatic rings. The molecule has 0 aromatic rings. The first-order valence-electron chi connectivity index (χ1n) is 5.75. The van der Waals surface area contributed by atoms with E-state index in [0.717, 1.165) is 4.90 Å². The maximum absolute atomic E-state index is 11.7. The van der Waals surface area contributed by atoms with Gasteiger partial charge in [0.2, 0.25) is 12.2 Å². The number of thioether (sulfide) groups is 1. The summed E-state index contributed by atoms with van der Waals surface area (Å²) >= 11 is 1.31. The molecule has 2 rings (SSSR count). The Hall–Kier alpha value is -1.58. The average molecular weight is 302 g/mol. The summed E-state index contributed by atoms with van der Waals surface area (Å²) in [5.74, 6) is -2.09. The normalized spacial score (nSPS) is 26.8. The lowest BCUT2D eigenvalue weighted by molar-refractivity contribution is -0.165. The third-order valence-corrected chi connectivity index (χ3v) is 4.34. The van der Waals surface area contributed by atoms with Crippen LogP contribution in [-0.2, 0) is 23.9 Å². The quantitative estimate of drug-likeness (QED) is 0.390. The molecule has 9 heteroatoms. The number of carbonyl (C=O) groups excluding carboxylic acids is 2. The number of aliphatic carboxylic acids is 1. The van der Waals surface area contributed by atoms with E-state index in [1.54, 1.807) is 0 Å². The molecule has 0 radical (unpaired) electrons. The largest absolute Gasteiger partial charge is 0.477 e. The molecule has 2 aliphatic heterocycles. The molecule has 0 aromatic carbocycles. The van der Waals surface area contributed by atoms with E-state index in [2.05, 4.69) is 0 Å². The lowest BCUT2D eigenvalue weighted by Gasteiger charge is -2.48. The predicted octanol–water partition coefficient (Wildman–Crippen LogP) is -0.897. The Morgan fingerprint density at radius 2 is 2.20 bits per heavy atom. The Morgan fingerprint density at radius 1 is 1.55 bits per heavy atom. The second-order valence-electron chi connectivity index (χ2n) is 4.29. The van der Waals surface area contributed by atoms with Crippen molar-refractivity contribution in [2.45, 2.75) is 24.6 Å². The molecule has 1 amide bonds. The number of hydrogen-bond donors (Lipinski definition) is 2. The highest BCUT2D eigenvalue weighted by Gasteiger charge is 2.52. The van der Waals surface area contributed by atoms with Crippen molar-refractivity contribution in [3.05, 3.63) is 11.3 Å². The SMILES string of the molecule is COC(OC(C)=O)C1=C(C(=O)O)N2C(=O)[C@H](N)[C@H]2SC1. The predicted molar refractivity (Wildman–Crippen MR) is 68.3 cm³/mol. The van der Waals surface area contributed by atoms with Crippen molar-refractivity contribution in [1.82, 2.24) is 4.90 Å². The van der Waals surface area contributed by atoms with Gasteiger partial charge in [-0.15, -0.1) is 11.8 Å². The smallest absolute Gasteiger partial charge is 0.352 e. The van der Waals surface area contributed by atoms with E-state index in [-0.39, 0.29) is 17.0 Å². The minimum Gasteiger partial charge on any atom is -0.477 e. The van der Waals surface area contributed by atoms with Crippen LogP contribution in [0, 0.1) is 0 Å². The number of rotatable bonds is 4. The summed E-state index contributed by atoms with van der Waals surface area (Å²) in [7, 11) is 1.29. The van der Waals surface area contributed by atoms with Gasteiger partial charge in [-0.1, -0.05) is 0 Å². The Balaban J connectivity index is 2.39. The van der Waals surface area contributed by atoms with Crippen LogP contribution in [0.3, 0.4) is 0 Å². The number of carboxylic acid groups (broad SMARTS) is 1. The van der Waals surface area contributed by atoms with Gasteiger partial charge in [0.15, 0.2) is 0 Å². The van der Waals surface area contributed by atoms with Crippen molar-refractivity contribution in [2.75, 3.05) is 12.9 Å². The van der Waals surface area contributed by atoms with E-state index < -0.39 is 35.6 Å². The molecule has 2 heterocycles. The van der Waals surface area contributed by atoms with Crippen LogP contribution in [-0.4, -0.2) is 58.4 Å². The minimum absolute atomic E-state index is 0.214. The molecule has 20 heavy (non-hydrogen) atoms. The number of ether oxygens (including phenoxy) is 2. The lowest BCUT2D eigenvalue weighted by Crippen LogP contribution is -2.68. The van der Waals surface area contributed by atoms with Gasteiger partial charge in [0.25, 0.3) is 0 Å². The molecular formula is C11H14N2O6S. The number of esters is 1.